The molecular formula is C16H24BrNO. The highest BCUT2D eigenvalue weighted by Crippen LogP contribution is 2.32. The predicted molar refractivity (Wildman–Crippen MR) is 83.8 cm³/mol. The van der Waals surface area contributed by atoms with Crippen LogP contribution in [0.15, 0.2) is 22.7 Å². The van der Waals surface area contributed by atoms with Crippen LogP contribution in [0.5, 0.6) is 5.75 Å². The standard InChI is InChI=1S/C16H24BrNO/c1-3-9-18-15(13-5-4-6-13)11-12-7-8-16(19-2)14(17)10-12/h7-8,10,13,15,18H,3-6,9,11H2,1-2H3. The SMILES string of the molecule is CCCNC(Cc1ccc(OC)c(Br)c1)C1CCC1. The van der Waals surface area contributed by atoms with Gasteiger partial charge in [-0.25, -0.2) is 0 Å². The van der Waals surface area contributed by atoms with Gasteiger partial charge < -0.3 is 10.1 Å². The summed E-state index contributed by atoms with van der Waals surface area (Å²) in [6.45, 7) is 3.35. The van der Waals surface area contributed by atoms with Gasteiger partial charge >= 0.3 is 0 Å². The van der Waals surface area contributed by atoms with E-state index in [0.29, 0.717) is 6.04 Å². The highest BCUT2D eigenvalue weighted by Gasteiger charge is 2.26. The molecule has 2 nitrogen and oxygen atoms in total. The molecule has 1 fully saturated rings. The van der Waals surface area contributed by atoms with Crippen molar-refractivity contribution < 1.29 is 4.74 Å². The number of hydrogen-bond acceptors (Lipinski definition) is 2. The number of hydrogen-bond donors (Lipinski definition) is 1. The maximum absolute atomic E-state index is 5.29. The van der Waals surface area contributed by atoms with E-state index in [0.717, 1.165) is 29.1 Å². The quantitative estimate of drug-likeness (QED) is 0.812. The van der Waals surface area contributed by atoms with Crippen LogP contribution in [0.4, 0.5) is 0 Å². The Labute approximate surface area is 125 Å². The number of methoxy groups -OCH3 is 1. The zero-order valence-electron chi connectivity index (χ0n) is 11.9. The lowest BCUT2D eigenvalue weighted by Crippen LogP contribution is -2.41. The fourth-order valence-electron chi connectivity index (χ4n) is 2.67. The largest absolute Gasteiger partial charge is 0.496 e. The van der Waals surface area contributed by atoms with Crippen LogP contribution in [0.2, 0.25) is 0 Å². The summed E-state index contributed by atoms with van der Waals surface area (Å²) in [4.78, 5) is 0. The summed E-state index contributed by atoms with van der Waals surface area (Å²) in [7, 11) is 1.71. The molecule has 0 bridgehead atoms. The minimum atomic E-state index is 0.633. The lowest BCUT2D eigenvalue weighted by atomic mass is 9.77. The molecular weight excluding hydrogens is 302 g/mol. The van der Waals surface area contributed by atoms with Gasteiger partial charge in [0, 0.05) is 6.04 Å². The van der Waals surface area contributed by atoms with E-state index in [1.54, 1.807) is 7.11 Å². The Hall–Kier alpha value is -0.540. The minimum absolute atomic E-state index is 0.633. The molecule has 2 rings (SSSR count). The van der Waals surface area contributed by atoms with Gasteiger partial charge in [-0.05, 0) is 71.8 Å². The monoisotopic (exact) mass is 325 g/mol. The smallest absolute Gasteiger partial charge is 0.133 e. The summed E-state index contributed by atoms with van der Waals surface area (Å²) in [5, 5.41) is 3.72. The molecule has 1 unspecified atom stereocenters. The highest BCUT2D eigenvalue weighted by molar-refractivity contribution is 9.10. The van der Waals surface area contributed by atoms with E-state index in [1.165, 1.54) is 31.2 Å². The van der Waals surface area contributed by atoms with Crippen molar-refractivity contribution in [1.82, 2.24) is 5.32 Å². The van der Waals surface area contributed by atoms with Crippen molar-refractivity contribution in [3.05, 3.63) is 28.2 Å². The van der Waals surface area contributed by atoms with Crippen LogP contribution < -0.4 is 10.1 Å². The maximum Gasteiger partial charge on any atom is 0.133 e. The van der Waals surface area contributed by atoms with Crippen molar-refractivity contribution in [2.24, 2.45) is 5.92 Å². The molecule has 0 aliphatic heterocycles. The Bertz CT molecular complexity index is 404. The van der Waals surface area contributed by atoms with E-state index in [-0.39, 0.29) is 0 Å². The van der Waals surface area contributed by atoms with E-state index in [1.807, 2.05) is 0 Å². The van der Waals surface area contributed by atoms with Crippen molar-refractivity contribution in [3.63, 3.8) is 0 Å². The molecule has 0 spiro atoms. The zero-order chi connectivity index (χ0) is 13.7. The summed E-state index contributed by atoms with van der Waals surface area (Å²) in [5.41, 5.74) is 1.38. The third kappa shape index (κ3) is 3.96. The molecule has 1 N–H and O–H groups in total. The van der Waals surface area contributed by atoms with E-state index in [2.05, 4.69) is 46.4 Å². The van der Waals surface area contributed by atoms with E-state index >= 15 is 0 Å². The Morgan fingerprint density at radius 1 is 1.42 bits per heavy atom. The Kier molecular flexibility index (Phi) is 5.71. The van der Waals surface area contributed by atoms with Gasteiger partial charge in [0.05, 0.1) is 11.6 Å². The van der Waals surface area contributed by atoms with Crippen LogP contribution in [0.1, 0.15) is 38.2 Å². The number of rotatable bonds is 7. The number of nitrogens with one attached hydrogen (secondary N) is 1. The molecule has 106 valence electrons. The van der Waals surface area contributed by atoms with Crippen LogP contribution in [0.25, 0.3) is 0 Å². The first-order chi connectivity index (χ1) is 9.24. The summed E-state index contributed by atoms with van der Waals surface area (Å²) in [6.07, 6.45) is 6.50. The van der Waals surface area contributed by atoms with Crippen molar-refractivity contribution >= 4 is 15.9 Å². The van der Waals surface area contributed by atoms with Gasteiger partial charge in [-0.15, -0.1) is 0 Å². The molecule has 1 saturated carbocycles. The van der Waals surface area contributed by atoms with Gasteiger partial charge in [-0.2, -0.15) is 0 Å². The summed E-state index contributed by atoms with van der Waals surface area (Å²) in [5.74, 6) is 1.78. The van der Waals surface area contributed by atoms with Crippen LogP contribution in [-0.2, 0) is 6.42 Å². The van der Waals surface area contributed by atoms with Crippen molar-refractivity contribution in [2.75, 3.05) is 13.7 Å². The van der Waals surface area contributed by atoms with Crippen molar-refractivity contribution in [2.45, 2.75) is 45.1 Å². The Morgan fingerprint density at radius 2 is 2.21 bits per heavy atom. The first kappa shape index (κ1) is 14.9. The Balaban J connectivity index is 2.01. The van der Waals surface area contributed by atoms with E-state index in [4.69, 9.17) is 4.74 Å². The highest BCUT2D eigenvalue weighted by atomic mass is 79.9. The fourth-order valence-corrected chi connectivity index (χ4v) is 3.26. The second kappa shape index (κ2) is 7.30. The molecule has 0 saturated heterocycles. The Morgan fingerprint density at radius 3 is 2.74 bits per heavy atom. The van der Waals surface area contributed by atoms with Crippen LogP contribution >= 0.6 is 15.9 Å². The summed E-state index contributed by atoms with van der Waals surface area (Å²) in [6, 6.07) is 7.06. The molecule has 19 heavy (non-hydrogen) atoms. The van der Waals surface area contributed by atoms with Gasteiger partial charge in [-0.3, -0.25) is 0 Å². The van der Waals surface area contributed by atoms with Crippen molar-refractivity contribution in [3.8, 4) is 5.75 Å². The second-order valence-electron chi connectivity index (χ2n) is 5.42. The van der Waals surface area contributed by atoms with Gasteiger partial charge in [0.25, 0.3) is 0 Å². The third-order valence-electron chi connectivity index (χ3n) is 4.05. The number of ether oxygens (including phenoxy) is 1. The maximum atomic E-state index is 5.29. The normalized spacial score (nSPS) is 17.0. The van der Waals surface area contributed by atoms with Crippen LogP contribution in [0.3, 0.4) is 0 Å². The molecule has 0 radical (unpaired) electrons. The molecule has 0 aromatic heterocycles. The number of benzene rings is 1. The van der Waals surface area contributed by atoms with Crippen LogP contribution in [-0.4, -0.2) is 19.7 Å². The molecule has 3 heteroatoms. The minimum Gasteiger partial charge on any atom is -0.496 e. The first-order valence-corrected chi connectivity index (χ1v) is 8.09. The zero-order valence-corrected chi connectivity index (χ0v) is 13.5. The molecule has 1 aliphatic rings. The van der Waals surface area contributed by atoms with Gasteiger partial charge in [0.2, 0.25) is 0 Å². The van der Waals surface area contributed by atoms with Gasteiger partial charge in [-0.1, -0.05) is 19.4 Å². The molecule has 1 aromatic rings. The van der Waals surface area contributed by atoms with Gasteiger partial charge in [0.1, 0.15) is 5.75 Å². The van der Waals surface area contributed by atoms with E-state index < -0.39 is 0 Å². The summed E-state index contributed by atoms with van der Waals surface area (Å²) < 4.78 is 6.34. The lowest BCUT2D eigenvalue weighted by molar-refractivity contribution is 0.227. The van der Waals surface area contributed by atoms with Crippen LogP contribution in [0, 0.1) is 5.92 Å². The topological polar surface area (TPSA) is 21.3 Å². The molecule has 0 heterocycles. The summed E-state index contributed by atoms with van der Waals surface area (Å²) >= 11 is 3.57. The first-order valence-electron chi connectivity index (χ1n) is 7.30. The average Bonchev–Trinajstić information content (AvgIpc) is 2.34. The number of halogens is 1. The average molecular weight is 326 g/mol. The molecule has 1 atom stereocenters. The lowest BCUT2D eigenvalue weighted by Gasteiger charge is -2.34. The molecule has 1 aliphatic carbocycles. The second-order valence-corrected chi connectivity index (χ2v) is 6.28. The fraction of sp³-hybridized carbons (Fsp3) is 0.625. The third-order valence-corrected chi connectivity index (χ3v) is 4.67. The van der Waals surface area contributed by atoms with Gasteiger partial charge in [0.15, 0.2) is 0 Å². The van der Waals surface area contributed by atoms with E-state index in [9.17, 15) is 0 Å². The van der Waals surface area contributed by atoms with Crippen molar-refractivity contribution in [1.29, 1.82) is 0 Å². The predicted octanol–water partition coefficient (Wildman–Crippen LogP) is 4.17. The molecule has 1 aromatic carbocycles. The molecule has 0 amide bonds.